The maximum Gasteiger partial charge on any atom is 0.225 e. The maximum absolute atomic E-state index is 12.7. The van der Waals surface area contributed by atoms with E-state index < -0.39 is 0 Å². The fourth-order valence-corrected chi connectivity index (χ4v) is 3.56. The molecule has 24 heavy (non-hydrogen) atoms. The molecule has 0 radical (unpaired) electrons. The lowest BCUT2D eigenvalue weighted by Crippen LogP contribution is -2.49. The van der Waals surface area contributed by atoms with E-state index in [1.165, 1.54) is 0 Å². The van der Waals surface area contributed by atoms with E-state index in [1.54, 1.807) is 18.1 Å². The van der Waals surface area contributed by atoms with Crippen LogP contribution in [-0.2, 0) is 14.3 Å². The molecule has 1 saturated carbocycles. The molecule has 1 heterocycles. The minimum atomic E-state index is -0.339. The molecule has 1 saturated heterocycles. The van der Waals surface area contributed by atoms with Gasteiger partial charge >= 0.3 is 0 Å². The van der Waals surface area contributed by atoms with E-state index in [9.17, 15) is 9.59 Å². The standard InChI is InChI=1S/C18H23ClN2O3/c1-24-11-10-21-16(22)9-8-14(18(23)20-12-6-7-12)17(21)13-4-2-3-5-15(13)19/h2-5,12,14,17H,6-11H2,1H3,(H,20,23)/t14-,17+/m1/s1. The van der Waals surface area contributed by atoms with E-state index in [2.05, 4.69) is 5.32 Å². The fourth-order valence-electron chi connectivity index (χ4n) is 3.32. The highest BCUT2D eigenvalue weighted by Gasteiger charge is 2.42. The van der Waals surface area contributed by atoms with Gasteiger partial charge in [0.15, 0.2) is 0 Å². The molecule has 2 atom stereocenters. The lowest BCUT2D eigenvalue weighted by molar-refractivity contribution is -0.144. The van der Waals surface area contributed by atoms with E-state index in [1.807, 2.05) is 18.2 Å². The zero-order valence-corrected chi connectivity index (χ0v) is 14.6. The third-order valence-electron chi connectivity index (χ3n) is 4.73. The van der Waals surface area contributed by atoms with Gasteiger partial charge in [0.05, 0.1) is 18.6 Å². The van der Waals surface area contributed by atoms with Crippen LogP contribution in [0.1, 0.15) is 37.3 Å². The molecule has 1 aromatic rings. The molecule has 1 N–H and O–H groups in total. The molecule has 5 nitrogen and oxygen atoms in total. The van der Waals surface area contributed by atoms with Gasteiger partial charge < -0.3 is 15.0 Å². The molecular weight excluding hydrogens is 328 g/mol. The summed E-state index contributed by atoms with van der Waals surface area (Å²) in [7, 11) is 1.61. The first-order chi connectivity index (χ1) is 11.6. The Morgan fingerprint density at radius 3 is 2.75 bits per heavy atom. The summed E-state index contributed by atoms with van der Waals surface area (Å²) in [5.41, 5.74) is 0.833. The van der Waals surface area contributed by atoms with E-state index in [0.717, 1.165) is 18.4 Å². The van der Waals surface area contributed by atoms with Gasteiger partial charge in [0, 0.05) is 31.1 Å². The van der Waals surface area contributed by atoms with Crippen molar-refractivity contribution in [3.05, 3.63) is 34.9 Å². The summed E-state index contributed by atoms with van der Waals surface area (Å²) in [5, 5.41) is 3.67. The molecule has 3 rings (SSSR count). The van der Waals surface area contributed by atoms with Crippen molar-refractivity contribution in [2.24, 2.45) is 5.92 Å². The Morgan fingerprint density at radius 2 is 2.08 bits per heavy atom. The smallest absolute Gasteiger partial charge is 0.225 e. The topological polar surface area (TPSA) is 58.6 Å². The van der Waals surface area contributed by atoms with Gasteiger partial charge in [-0.25, -0.2) is 0 Å². The van der Waals surface area contributed by atoms with Gasteiger partial charge in [-0.15, -0.1) is 0 Å². The summed E-state index contributed by atoms with van der Waals surface area (Å²) >= 11 is 6.39. The monoisotopic (exact) mass is 350 g/mol. The van der Waals surface area contributed by atoms with Crippen molar-refractivity contribution >= 4 is 23.4 Å². The summed E-state index contributed by atoms with van der Waals surface area (Å²) in [5.74, 6) is -0.204. The van der Waals surface area contributed by atoms with Gasteiger partial charge in [0.25, 0.3) is 0 Å². The minimum Gasteiger partial charge on any atom is -0.383 e. The van der Waals surface area contributed by atoms with Crippen molar-refractivity contribution in [1.82, 2.24) is 10.2 Å². The molecule has 130 valence electrons. The number of carbonyl (C=O) groups excluding carboxylic acids is 2. The third kappa shape index (κ3) is 3.73. The number of hydrogen-bond acceptors (Lipinski definition) is 3. The van der Waals surface area contributed by atoms with Crippen LogP contribution in [-0.4, -0.2) is 43.0 Å². The second kappa shape index (κ2) is 7.53. The van der Waals surface area contributed by atoms with Crippen LogP contribution in [0.3, 0.4) is 0 Å². The molecule has 0 bridgehead atoms. The van der Waals surface area contributed by atoms with Crippen LogP contribution in [0.4, 0.5) is 0 Å². The highest BCUT2D eigenvalue weighted by molar-refractivity contribution is 6.31. The van der Waals surface area contributed by atoms with Gasteiger partial charge in [-0.2, -0.15) is 0 Å². The summed E-state index contributed by atoms with van der Waals surface area (Å²) in [6.07, 6.45) is 3.02. The molecule has 1 aromatic carbocycles. The molecule has 0 spiro atoms. The second-order valence-electron chi connectivity index (χ2n) is 6.47. The highest BCUT2D eigenvalue weighted by Crippen LogP contribution is 2.40. The number of piperidine rings is 1. The molecule has 2 amide bonds. The number of nitrogens with zero attached hydrogens (tertiary/aromatic N) is 1. The number of likely N-dealkylation sites (tertiary alicyclic amines) is 1. The molecule has 1 aliphatic carbocycles. The molecule has 1 aliphatic heterocycles. The maximum atomic E-state index is 12.7. The number of hydrogen-bond donors (Lipinski definition) is 1. The molecular formula is C18H23ClN2O3. The predicted octanol–water partition coefficient (Wildman–Crippen LogP) is 2.54. The molecule has 2 aliphatic rings. The first-order valence-electron chi connectivity index (χ1n) is 8.45. The molecule has 6 heteroatoms. The summed E-state index contributed by atoms with van der Waals surface area (Å²) in [6.45, 7) is 0.891. The van der Waals surface area contributed by atoms with Crippen molar-refractivity contribution in [3.63, 3.8) is 0 Å². The molecule has 0 aromatic heterocycles. The predicted molar refractivity (Wildman–Crippen MR) is 91.7 cm³/mol. The number of rotatable bonds is 6. The third-order valence-corrected chi connectivity index (χ3v) is 5.07. The average molecular weight is 351 g/mol. The zero-order chi connectivity index (χ0) is 17.1. The Hall–Kier alpha value is -1.59. The first-order valence-corrected chi connectivity index (χ1v) is 8.83. The quantitative estimate of drug-likeness (QED) is 0.857. The lowest BCUT2D eigenvalue weighted by Gasteiger charge is -2.41. The number of benzene rings is 1. The van der Waals surface area contributed by atoms with Crippen LogP contribution < -0.4 is 5.32 Å². The van der Waals surface area contributed by atoms with E-state index in [4.69, 9.17) is 16.3 Å². The van der Waals surface area contributed by atoms with Crippen molar-refractivity contribution in [3.8, 4) is 0 Å². The largest absolute Gasteiger partial charge is 0.383 e. The van der Waals surface area contributed by atoms with Gasteiger partial charge in [-0.3, -0.25) is 9.59 Å². The van der Waals surface area contributed by atoms with Crippen LogP contribution in [0.15, 0.2) is 24.3 Å². The van der Waals surface area contributed by atoms with E-state index in [0.29, 0.717) is 37.1 Å². The number of halogens is 1. The fraction of sp³-hybridized carbons (Fsp3) is 0.556. The second-order valence-corrected chi connectivity index (χ2v) is 6.88. The minimum absolute atomic E-state index is 0.0253. The highest BCUT2D eigenvalue weighted by atomic mass is 35.5. The van der Waals surface area contributed by atoms with E-state index in [-0.39, 0.29) is 23.8 Å². The van der Waals surface area contributed by atoms with Crippen LogP contribution in [0.2, 0.25) is 5.02 Å². The van der Waals surface area contributed by atoms with Gasteiger partial charge in [-0.1, -0.05) is 29.8 Å². The lowest BCUT2D eigenvalue weighted by atomic mass is 9.83. The Kier molecular flexibility index (Phi) is 5.41. The zero-order valence-electron chi connectivity index (χ0n) is 13.8. The Balaban J connectivity index is 1.92. The molecule has 0 unspecified atom stereocenters. The van der Waals surface area contributed by atoms with Gasteiger partial charge in [0.1, 0.15) is 0 Å². The van der Waals surface area contributed by atoms with Crippen molar-refractivity contribution in [2.75, 3.05) is 20.3 Å². The SMILES string of the molecule is COCCN1C(=O)CC[C@@H](C(=O)NC2CC2)[C@@H]1c1ccccc1Cl. The Morgan fingerprint density at radius 1 is 1.33 bits per heavy atom. The van der Waals surface area contributed by atoms with Crippen LogP contribution >= 0.6 is 11.6 Å². The van der Waals surface area contributed by atoms with Gasteiger partial charge in [-0.05, 0) is 30.9 Å². The normalized spacial score (nSPS) is 24.1. The Labute approximate surface area is 147 Å². The number of amides is 2. The average Bonchev–Trinajstić information content (AvgIpc) is 3.38. The van der Waals surface area contributed by atoms with Crippen molar-refractivity contribution in [1.29, 1.82) is 0 Å². The Bertz CT molecular complexity index is 618. The van der Waals surface area contributed by atoms with Crippen molar-refractivity contribution < 1.29 is 14.3 Å². The molecule has 2 fully saturated rings. The number of ether oxygens (including phenoxy) is 1. The van der Waals surface area contributed by atoms with E-state index >= 15 is 0 Å². The number of carbonyl (C=O) groups is 2. The summed E-state index contributed by atoms with van der Waals surface area (Å²) in [6, 6.07) is 7.42. The number of nitrogens with one attached hydrogen (secondary N) is 1. The van der Waals surface area contributed by atoms with Crippen LogP contribution in [0.5, 0.6) is 0 Å². The first kappa shape index (κ1) is 17.2. The summed E-state index contributed by atoms with van der Waals surface area (Å²) < 4.78 is 5.15. The van der Waals surface area contributed by atoms with Crippen LogP contribution in [0.25, 0.3) is 0 Å². The van der Waals surface area contributed by atoms with Crippen molar-refractivity contribution in [2.45, 2.75) is 37.8 Å². The van der Waals surface area contributed by atoms with Gasteiger partial charge in [0.2, 0.25) is 11.8 Å². The summed E-state index contributed by atoms with van der Waals surface area (Å²) in [4.78, 5) is 27.0. The number of methoxy groups -OCH3 is 1. The van der Waals surface area contributed by atoms with Crippen LogP contribution in [0, 0.1) is 5.92 Å².